The lowest BCUT2D eigenvalue weighted by Crippen LogP contribution is -2.17. The van der Waals surface area contributed by atoms with E-state index in [-0.39, 0.29) is 20.9 Å². The van der Waals surface area contributed by atoms with E-state index in [9.17, 15) is 27.6 Å². The molecule has 2 aromatic carbocycles. The van der Waals surface area contributed by atoms with Crippen LogP contribution in [-0.2, 0) is 6.18 Å². The first kappa shape index (κ1) is 15.5. The van der Waals surface area contributed by atoms with Gasteiger partial charge in [-0.1, -0.05) is 11.6 Å². The molecule has 23 heavy (non-hydrogen) atoms. The Hall–Kier alpha value is -2.41. The molecule has 0 unspecified atom stereocenters. The first-order chi connectivity index (χ1) is 10.7. The average Bonchev–Trinajstić information content (AvgIpc) is 2.70. The van der Waals surface area contributed by atoms with E-state index in [4.69, 9.17) is 11.6 Å². The van der Waals surface area contributed by atoms with Gasteiger partial charge in [0, 0.05) is 5.02 Å². The van der Waals surface area contributed by atoms with Crippen LogP contribution in [0.15, 0.2) is 36.4 Å². The number of rotatable bonds is 1. The van der Waals surface area contributed by atoms with Gasteiger partial charge in [-0.15, -0.1) is 0 Å². The molecule has 0 saturated heterocycles. The maximum atomic E-state index is 13.8. The molecule has 0 saturated carbocycles. The fourth-order valence-corrected chi connectivity index (χ4v) is 2.55. The summed E-state index contributed by atoms with van der Waals surface area (Å²) < 4.78 is 51.6. The number of ketones is 1. The fourth-order valence-electron chi connectivity index (χ4n) is 2.34. The van der Waals surface area contributed by atoms with Crippen LogP contribution in [0.5, 0.6) is 0 Å². The number of alkyl halides is 3. The molecular weight excluding hydrogens is 338 g/mol. The van der Waals surface area contributed by atoms with Crippen molar-refractivity contribution in [3.8, 4) is 0 Å². The Kier molecular flexibility index (Phi) is 3.40. The van der Waals surface area contributed by atoms with Crippen LogP contribution in [0.3, 0.4) is 0 Å². The Morgan fingerprint density at radius 1 is 1.09 bits per heavy atom. The first-order valence-electron chi connectivity index (χ1n) is 6.25. The topological polar surface area (TPSA) is 43.1 Å². The largest absolute Gasteiger partial charge is 0.618 e. The van der Waals surface area contributed by atoms with Gasteiger partial charge >= 0.3 is 6.18 Å². The summed E-state index contributed by atoms with van der Waals surface area (Å²) in [6.45, 7) is 0. The Morgan fingerprint density at radius 2 is 1.70 bits per heavy atom. The van der Waals surface area contributed by atoms with Gasteiger partial charge < -0.3 is 5.21 Å². The van der Waals surface area contributed by atoms with Gasteiger partial charge in [0.2, 0.25) is 0 Å². The van der Waals surface area contributed by atoms with E-state index in [1.54, 1.807) is 0 Å². The first-order valence-corrected chi connectivity index (χ1v) is 6.63. The van der Waals surface area contributed by atoms with Gasteiger partial charge in [-0.05, 0) is 36.4 Å². The van der Waals surface area contributed by atoms with Crippen LogP contribution in [0.2, 0.25) is 5.02 Å². The quantitative estimate of drug-likeness (QED) is 0.439. The van der Waals surface area contributed by atoms with E-state index in [1.165, 1.54) is 0 Å². The van der Waals surface area contributed by atoms with Gasteiger partial charge in [-0.25, -0.2) is 0 Å². The molecule has 3 rings (SSSR count). The van der Waals surface area contributed by atoms with E-state index in [0.29, 0.717) is 0 Å². The zero-order valence-corrected chi connectivity index (χ0v) is 11.9. The van der Waals surface area contributed by atoms with Crippen molar-refractivity contribution in [2.45, 2.75) is 6.18 Å². The van der Waals surface area contributed by atoms with Crippen LogP contribution < -0.4 is 0 Å². The van der Waals surface area contributed by atoms with Gasteiger partial charge in [0.25, 0.3) is 17.2 Å². The lowest BCUT2D eigenvalue weighted by molar-refractivity contribution is -0.358. The number of fused-ring (bicyclic) bond motifs is 1. The highest BCUT2D eigenvalue weighted by Gasteiger charge is 2.40. The minimum atomic E-state index is -4.54. The second-order valence-electron chi connectivity index (χ2n) is 4.83. The molecule has 8 heteroatoms. The van der Waals surface area contributed by atoms with Crippen molar-refractivity contribution in [3.05, 3.63) is 69.1 Å². The van der Waals surface area contributed by atoms with E-state index < -0.39 is 34.7 Å². The highest BCUT2D eigenvalue weighted by atomic mass is 35.5. The molecule has 1 aliphatic heterocycles. The standard InChI is InChI=1S/C15H6ClF4NO2/c16-9-5-10-13(11(17)6-9)21(23)12(14(10)22)7-1-3-8(4-2-7)15(18,19)20/h1-6H. The number of carbonyl (C=O) groups is 1. The summed E-state index contributed by atoms with van der Waals surface area (Å²) in [6, 6.07) is 5.50. The summed E-state index contributed by atoms with van der Waals surface area (Å²) in [7, 11) is 0. The monoisotopic (exact) mass is 343 g/mol. The normalized spacial score (nSPS) is 14.4. The number of benzene rings is 2. The highest BCUT2D eigenvalue weighted by molar-refractivity contribution is 6.52. The maximum Gasteiger partial charge on any atom is 0.416 e. The SMILES string of the molecule is O=C1C(c2ccc(C(F)(F)F)cc2)=[N+]([O-])c2c(F)cc(Cl)cc21. The van der Waals surface area contributed by atoms with Gasteiger partial charge in [-0.2, -0.15) is 22.3 Å². The van der Waals surface area contributed by atoms with Gasteiger partial charge in [0.15, 0.2) is 5.82 Å². The zero-order chi connectivity index (χ0) is 16.9. The second kappa shape index (κ2) is 5.06. The van der Waals surface area contributed by atoms with Crippen LogP contribution in [0.1, 0.15) is 21.5 Å². The van der Waals surface area contributed by atoms with E-state index in [0.717, 1.165) is 36.4 Å². The number of Topliss-reactive ketones (excluding diaryl/α,β-unsaturated/α-hetero) is 1. The van der Waals surface area contributed by atoms with Crippen LogP contribution in [-0.4, -0.2) is 16.2 Å². The summed E-state index contributed by atoms with van der Waals surface area (Å²) in [5.74, 6) is -1.77. The summed E-state index contributed by atoms with van der Waals surface area (Å²) >= 11 is 5.66. The third-order valence-electron chi connectivity index (χ3n) is 3.38. The molecular formula is C15H6ClF4NO2. The molecule has 1 aliphatic rings. The van der Waals surface area contributed by atoms with Crippen molar-refractivity contribution in [2.75, 3.05) is 0 Å². The molecule has 0 aromatic heterocycles. The molecule has 3 nitrogen and oxygen atoms in total. The number of halogens is 5. The third kappa shape index (κ3) is 2.46. The molecule has 0 amide bonds. The van der Waals surface area contributed by atoms with E-state index in [2.05, 4.69) is 0 Å². The Bertz CT molecular complexity index is 857. The van der Waals surface area contributed by atoms with Crippen molar-refractivity contribution < 1.29 is 27.1 Å². The van der Waals surface area contributed by atoms with Crippen molar-refractivity contribution >= 4 is 28.8 Å². The van der Waals surface area contributed by atoms with Crippen LogP contribution in [0.25, 0.3) is 0 Å². The number of hydrogen-bond donors (Lipinski definition) is 0. The summed E-state index contributed by atoms with van der Waals surface area (Å²) in [6.07, 6.45) is -4.54. The van der Waals surface area contributed by atoms with Crippen LogP contribution in [0, 0.1) is 11.0 Å². The van der Waals surface area contributed by atoms with Crippen LogP contribution >= 0.6 is 11.6 Å². The molecule has 0 atom stereocenters. The molecule has 2 aromatic rings. The average molecular weight is 344 g/mol. The fraction of sp³-hybridized carbons (Fsp3) is 0.0667. The number of hydrogen-bond acceptors (Lipinski definition) is 2. The number of nitrogens with zero attached hydrogens (tertiary/aromatic N) is 1. The summed E-state index contributed by atoms with van der Waals surface area (Å²) in [5, 5.41) is 12.1. The second-order valence-corrected chi connectivity index (χ2v) is 5.27. The predicted molar refractivity (Wildman–Crippen MR) is 74.6 cm³/mol. The third-order valence-corrected chi connectivity index (χ3v) is 3.60. The van der Waals surface area contributed by atoms with Crippen molar-refractivity contribution in [1.29, 1.82) is 0 Å². The maximum absolute atomic E-state index is 13.8. The Labute approximate surface area is 132 Å². The molecule has 0 fully saturated rings. The Balaban J connectivity index is 2.11. The zero-order valence-electron chi connectivity index (χ0n) is 11.1. The smallest absolute Gasteiger partial charge is 0.416 e. The van der Waals surface area contributed by atoms with Crippen molar-refractivity contribution in [3.63, 3.8) is 0 Å². The summed E-state index contributed by atoms with van der Waals surface area (Å²) in [5.41, 5.74) is -2.12. The minimum absolute atomic E-state index is 0.0373. The lowest BCUT2D eigenvalue weighted by atomic mass is 10.0. The van der Waals surface area contributed by atoms with Crippen molar-refractivity contribution in [1.82, 2.24) is 0 Å². The number of carbonyl (C=O) groups excluding carboxylic acids is 1. The van der Waals surface area contributed by atoms with Gasteiger partial charge in [0.1, 0.15) is 5.56 Å². The lowest BCUT2D eigenvalue weighted by Gasteiger charge is -2.07. The van der Waals surface area contributed by atoms with Crippen LogP contribution in [0.4, 0.5) is 23.2 Å². The summed E-state index contributed by atoms with van der Waals surface area (Å²) in [4.78, 5) is 12.3. The van der Waals surface area contributed by atoms with Gasteiger partial charge in [0.05, 0.1) is 11.1 Å². The van der Waals surface area contributed by atoms with Crippen molar-refractivity contribution in [2.24, 2.45) is 0 Å². The molecule has 1 heterocycles. The molecule has 0 radical (unpaired) electrons. The molecule has 0 N–H and O–H groups in total. The minimum Gasteiger partial charge on any atom is -0.618 e. The highest BCUT2D eigenvalue weighted by Crippen LogP contribution is 2.34. The predicted octanol–water partition coefficient (Wildman–Crippen LogP) is 4.33. The Morgan fingerprint density at radius 3 is 2.26 bits per heavy atom. The van der Waals surface area contributed by atoms with Gasteiger partial charge in [-0.3, -0.25) is 4.79 Å². The molecule has 0 aliphatic carbocycles. The van der Waals surface area contributed by atoms with E-state index in [1.807, 2.05) is 0 Å². The van der Waals surface area contributed by atoms with E-state index >= 15 is 0 Å². The molecule has 0 bridgehead atoms. The molecule has 118 valence electrons. The molecule has 0 spiro atoms.